The molecule has 3 nitrogen and oxygen atoms in total. The number of amides is 1. The van der Waals surface area contributed by atoms with Crippen molar-refractivity contribution in [3.05, 3.63) is 93.5 Å². The lowest BCUT2D eigenvalue weighted by atomic mass is 9.98. The maximum absolute atomic E-state index is 12.2. The molecular weight excluding hydrogens is 438 g/mol. The monoisotopic (exact) mass is 459 g/mol. The molecule has 0 fully saturated rings. The molecule has 1 aliphatic carbocycles. The SMILES string of the molecule is Cc1ccc(C#CCCNC(=O)OCC2c3ccccc3-c3ccccc32)cc1Br. The van der Waals surface area contributed by atoms with Gasteiger partial charge in [0.05, 0.1) is 0 Å². The van der Waals surface area contributed by atoms with Crippen LogP contribution >= 0.6 is 15.9 Å². The summed E-state index contributed by atoms with van der Waals surface area (Å²) >= 11 is 3.51. The predicted octanol–water partition coefficient (Wildman–Crippen LogP) is 6.04. The van der Waals surface area contributed by atoms with Gasteiger partial charge in [-0.1, -0.05) is 82.4 Å². The number of hydrogen-bond donors (Lipinski definition) is 1. The van der Waals surface area contributed by atoms with Gasteiger partial charge in [-0.05, 0) is 46.9 Å². The van der Waals surface area contributed by atoms with E-state index in [1.165, 1.54) is 27.8 Å². The third-order valence-corrected chi connectivity index (χ3v) is 6.12. The van der Waals surface area contributed by atoms with Crippen LogP contribution in [0.15, 0.2) is 71.2 Å². The number of carbonyl (C=O) groups excluding carboxylic acids is 1. The summed E-state index contributed by atoms with van der Waals surface area (Å²) in [4.78, 5) is 12.2. The number of rotatable bonds is 4. The minimum Gasteiger partial charge on any atom is -0.449 e. The number of benzene rings is 3. The Bertz CT molecular complexity index is 1100. The van der Waals surface area contributed by atoms with E-state index in [4.69, 9.17) is 4.74 Å². The van der Waals surface area contributed by atoms with Crippen molar-refractivity contribution in [2.75, 3.05) is 13.2 Å². The molecule has 0 saturated carbocycles. The summed E-state index contributed by atoms with van der Waals surface area (Å²) in [7, 11) is 0. The highest BCUT2D eigenvalue weighted by Gasteiger charge is 2.28. The van der Waals surface area contributed by atoms with E-state index in [0.29, 0.717) is 19.6 Å². The summed E-state index contributed by atoms with van der Waals surface area (Å²) in [6.45, 7) is 2.82. The van der Waals surface area contributed by atoms with Gasteiger partial charge in [-0.3, -0.25) is 0 Å². The van der Waals surface area contributed by atoms with E-state index in [9.17, 15) is 4.79 Å². The minimum absolute atomic E-state index is 0.0722. The molecule has 3 aromatic rings. The van der Waals surface area contributed by atoms with Gasteiger partial charge >= 0.3 is 6.09 Å². The molecule has 0 unspecified atom stereocenters. The molecule has 0 spiro atoms. The van der Waals surface area contributed by atoms with Crippen LogP contribution in [0.2, 0.25) is 0 Å². The molecular formula is C26H22BrNO2. The quantitative estimate of drug-likeness (QED) is 0.381. The molecule has 4 rings (SSSR count). The first-order valence-corrected chi connectivity index (χ1v) is 10.8. The van der Waals surface area contributed by atoms with Gasteiger partial charge in [0.1, 0.15) is 6.61 Å². The average Bonchev–Trinajstić information content (AvgIpc) is 3.08. The van der Waals surface area contributed by atoms with Gasteiger partial charge in [0.2, 0.25) is 0 Å². The first-order valence-electron chi connectivity index (χ1n) is 9.97. The van der Waals surface area contributed by atoms with Crippen LogP contribution in [-0.2, 0) is 4.74 Å². The van der Waals surface area contributed by atoms with E-state index >= 15 is 0 Å². The second-order valence-electron chi connectivity index (χ2n) is 7.27. The van der Waals surface area contributed by atoms with Gasteiger partial charge in [0.25, 0.3) is 0 Å². The Morgan fingerprint density at radius 1 is 1.03 bits per heavy atom. The Kier molecular flexibility index (Phi) is 6.21. The van der Waals surface area contributed by atoms with Gasteiger partial charge in [-0.2, -0.15) is 0 Å². The first kappa shape index (κ1) is 20.3. The maximum atomic E-state index is 12.2. The van der Waals surface area contributed by atoms with Crippen LogP contribution < -0.4 is 5.32 Å². The summed E-state index contributed by atoms with van der Waals surface area (Å²) in [5, 5.41) is 2.79. The van der Waals surface area contributed by atoms with Crippen molar-refractivity contribution in [3.63, 3.8) is 0 Å². The molecule has 0 saturated heterocycles. The molecule has 0 bridgehead atoms. The summed E-state index contributed by atoms with van der Waals surface area (Å²) in [6, 6.07) is 22.6. The van der Waals surface area contributed by atoms with Gasteiger partial charge in [-0.15, -0.1) is 0 Å². The van der Waals surface area contributed by atoms with Crippen LogP contribution in [0.25, 0.3) is 11.1 Å². The molecule has 0 aromatic heterocycles. The third kappa shape index (κ3) is 4.42. The Morgan fingerprint density at radius 2 is 1.70 bits per heavy atom. The van der Waals surface area contributed by atoms with Crippen LogP contribution in [0.1, 0.15) is 34.6 Å². The minimum atomic E-state index is -0.406. The summed E-state index contributed by atoms with van der Waals surface area (Å²) in [5.74, 6) is 6.27. The fourth-order valence-corrected chi connectivity index (χ4v) is 4.09. The maximum Gasteiger partial charge on any atom is 0.407 e. The van der Waals surface area contributed by atoms with Gasteiger partial charge < -0.3 is 10.1 Å². The molecule has 0 heterocycles. The molecule has 0 atom stereocenters. The van der Waals surface area contributed by atoms with Gasteiger partial charge in [0, 0.05) is 28.9 Å². The number of halogens is 1. The van der Waals surface area contributed by atoms with Crippen molar-refractivity contribution in [2.45, 2.75) is 19.3 Å². The molecule has 1 amide bonds. The lowest BCUT2D eigenvalue weighted by Crippen LogP contribution is -2.26. The second kappa shape index (κ2) is 9.19. The molecule has 3 aromatic carbocycles. The van der Waals surface area contributed by atoms with Crippen LogP contribution in [0.4, 0.5) is 4.79 Å². The van der Waals surface area contributed by atoms with Gasteiger partial charge in [-0.25, -0.2) is 4.79 Å². The van der Waals surface area contributed by atoms with E-state index in [2.05, 4.69) is 57.4 Å². The zero-order valence-corrected chi connectivity index (χ0v) is 18.3. The van der Waals surface area contributed by atoms with E-state index in [1.54, 1.807) is 0 Å². The Hall–Kier alpha value is -3.03. The van der Waals surface area contributed by atoms with Crippen LogP contribution in [0.3, 0.4) is 0 Å². The number of carbonyl (C=O) groups is 1. The number of nitrogens with one attached hydrogen (secondary N) is 1. The molecule has 1 N–H and O–H groups in total. The Labute approximate surface area is 185 Å². The van der Waals surface area contributed by atoms with Gasteiger partial charge in [0.15, 0.2) is 0 Å². The molecule has 150 valence electrons. The second-order valence-corrected chi connectivity index (χ2v) is 8.12. The molecule has 1 aliphatic rings. The van der Waals surface area contributed by atoms with Crippen molar-refractivity contribution in [2.24, 2.45) is 0 Å². The van der Waals surface area contributed by atoms with Crippen LogP contribution in [-0.4, -0.2) is 19.2 Å². The standard InChI is InChI=1S/C26H22BrNO2/c1-18-13-14-19(16-25(18)27)8-6-7-15-28-26(29)30-17-24-22-11-4-2-9-20(22)21-10-3-5-12-23(21)24/h2-5,9-14,16,24H,7,15,17H2,1H3,(H,28,29). The number of ether oxygens (including phenoxy) is 1. The average molecular weight is 460 g/mol. The van der Waals surface area contributed by atoms with E-state index in [0.717, 1.165) is 10.0 Å². The Morgan fingerprint density at radius 3 is 2.37 bits per heavy atom. The molecule has 4 heteroatoms. The van der Waals surface area contributed by atoms with E-state index in [1.807, 2.05) is 49.4 Å². The van der Waals surface area contributed by atoms with Crippen molar-refractivity contribution in [1.29, 1.82) is 0 Å². The zero-order valence-electron chi connectivity index (χ0n) is 16.7. The van der Waals surface area contributed by atoms with Crippen molar-refractivity contribution >= 4 is 22.0 Å². The highest BCUT2D eigenvalue weighted by atomic mass is 79.9. The summed E-state index contributed by atoms with van der Waals surface area (Å²) in [5.41, 5.74) is 6.99. The van der Waals surface area contributed by atoms with E-state index in [-0.39, 0.29) is 5.92 Å². The number of aryl methyl sites for hydroxylation is 1. The largest absolute Gasteiger partial charge is 0.449 e. The summed E-state index contributed by atoms with van der Waals surface area (Å²) < 4.78 is 6.58. The highest BCUT2D eigenvalue weighted by molar-refractivity contribution is 9.10. The predicted molar refractivity (Wildman–Crippen MR) is 123 cm³/mol. The number of alkyl carbamates (subject to hydrolysis) is 1. The van der Waals surface area contributed by atoms with E-state index < -0.39 is 6.09 Å². The third-order valence-electron chi connectivity index (χ3n) is 5.27. The first-order chi connectivity index (χ1) is 14.6. The van der Waals surface area contributed by atoms with Crippen molar-refractivity contribution in [3.8, 4) is 23.0 Å². The molecule has 0 aliphatic heterocycles. The number of fused-ring (bicyclic) bond motifs is 3. The topological polar surface area (TPSA) is 38.3 Å². The highest BCUT2D eigenvalue weighted by Crippen LogP contribution is 2.44. The normalized spacial score (nSPS) is 11.8. The lowest BCUT2D eigenvalue weighted by Gasteiger charge is -2.14. The lowest BCUT2D eigenvalue weighted by molar-refractivity contribution is 0.143. The fourth-order valence-electron chi connectivity index (χ4n) is 3.71. The smallest absolute Gasteiger partial charge is 0.407 e. The van der Waals surface area contributed by atoms with Crippen LogP contribution in [0, 0.1) is 18.8 Å². The van der Waals surface area contributed by atoms with Crippen molar-refractivity contribution in [1.82, 2.24) is 5.32 Å². The van der Waals surface area contributed by atoms with Crippen LogP contribution in [0.5, 0.6) is 0 Å². The number of hydrogen-bond acceptors (Lipinski definition) is 2. The zero-order chi connectivity index (χ0) is 20.9. The molecule has 30 heavy (non-hydrogen) atoms. The fraction of sp³-hybridized carbons (Fsp3) is 0.192. The van der Waals surface area contributed by atoms with Crippen molar-refractivity contribution < 1.29 is 9.53 Å². The Balaban J connectivity index is 1.29. The summed E-state index contributed by atoms with van der Waals surface area (Å²) in [6.07, 6.45) is 0.159. The molecule has 0 radical (unpaired) electrons.